The molecule has 2 heterocycles. The van der Waals surface area contributed by atoms with Gasteiger partial charge in [-0.05, 0) is 49.2 Å². The number of nitrogens with zero attached hydrogens (tertiary/aromatic N) is 3. The Hall–Kier alpha value is -3.12. The zero-order chi connectivity index (χ0) is 19.7. The topological polar surface area (TPSA) is 67.3 Å². The number of carbonyl (C=O) groups is 1. The maximum atomic E-state index is 13.2. The minimum absolute atomic E-state index is 0.0734. The summed E-state index contributed by atoms with van der Waals surface area (Å²) in [6, 6.07) is 14.9. The summed E-state index contributed by atoms with van der Waals surface area (Å²) in [4.78, 5) is 23.6. The number of hydrogen-bond acceptors (Lipinski definition) is 5. The van der Waals surface area contributed by atoms with Crippen LogP contribution in [-0.2, 0) is 6.42 Å². The second-order valence-electron chi connectivity index (χ2n) is 6.59. The fourth-order valence-corrected chi connectivity index (χ4v) is 3.61. The lowest BCUT2D eigenvalue weighted by atomic mass is 10.1. The minimum atomic E-state index is -0.152. The Morgan fingerprint density at radius 3 is 2.89 bits per heavy atom. The van der Waals surface area contributed by atoms with E-state index in [0.717, 1.165) is 12.1 Å². The molecule has 1 N–H and O–H groups in total. The molecular formula is C21H19ClN4O2. The molecule has 0 saturated heterocycles. The van der Waals surface area contributed by atoms with Crippen molar-refractivity contribution in [1.82, 2.24) is 9.97 Å². The van der Waals surface area contributed by atoms with E-state index in [1.165, 1.54) is 5.56 Å². The van der Waals surface area contributed by atoms with Crippen LogP contribution in [-0.4, -0.2) is 29.0 Å². The van der Waals surface area contributed by atoms with Crippen LogP contribution < -0.4 is 15.0 Å². The van der Waals surface area contributed by atoms with E-state index in [2.05, 4.69) is 21.4 Å². The van der Waals surface area contributed by atoms with Crippen LogP contribution in [0.2, 0.25) is 5.02 Å². The molecule has 142 valence electrons. The Morgan fingerprint density at radius 1 is 1.25 bits per heavy atom. The number of carbonyl (C=O) groups excluding carboxylic acids is 1. The van der Waals surface area contributed by atoms with E-state index in [4.69, 9.17) is 16.3 Å². The zero-order valence-corrected chi connectivity index (χ0v) is 16.3. The van der Waals surface area contributed by atoms with E-state index in [-0.39, 0.29) is 11.9 Å². The van der Waals surface area contributed by atoms with E-state index in [9.17, 15) is 4.79 Å². The fourth-order valence-electron chi connectivity index (χ4n) is 3.43. The van der Waals surface area contributed by atoms with Crippen LogP contribution >= 0.6 is 11.6 Å². The molecule has 28 heavy (non-hydrogen) atoms. The first-order chi connectivity index (χ1) is 13.6. The number of hydrogen-bond donors (Lipinski definition) is 1. The molecule has 0 radical (unpaired) electrons. The molecule has 3 aromatic rings. The number of para-hydroxylation sites is 1. The number of amides is 1. The quantitative estimate of drug-likeness (QED) is 0.707. The summed E-state index contributed by atoms with van der Waals surface area (Å²) in [5.74, 6) is 0.749. The summed E-state index contributed by atoms with van der Waals surface area (Å²) in [6.07, 6.45) is 2.39. The number of ether oxygens (including phenoxy) is 1. The van der Waals surface area contributed by atoms with Crippen LogP contribution in [0.5, 0.6) is 5.75 Å². The molecule has 1 amide bonds. The van der Waals surface area contributed by atoms with E-state index < -0.39 is 0 Å². The lowest BCUT2D eigenvalue weighted by Crippen LogP contribution is -2.36. The molecule has 1 unspecified atom stereocenters. The molecule has 6 nitrogen and oxygen atoms in total. The van der Waals surface area contributed by atoms with Crippen LogP contribution in [0.3, 0.4) is 0 Å². The van der Waals surface area contributed by atoms with E-state index >= 15 is 0 Å². The van der Waals surface area contributed by atoms with Crippen molar-refractivity contribution < 1.29 is 9.53 Å². The van der Waals surface area contributed by atoms with Gasteiger partial charge in [-0.15, -0.1) is 0 Å². The molecule has 7 heteroatoms. The zero-order valence-electron chi connectivity index (χ0n) is 15.5. The molecule has 1 aliphatic heterocycles. The van der Waals surface area contributed by atoms with Crippen molar-refractivity contribution in [2.24, 2.45) is 0 Å². The van der Waals surface area contributed by atoms with Gasteiger partial charge in [0.15, 0.2) is 0 Å². The Bertz CT molecular complexity index is 1040. The Morgan fingerprint density at radius 2 is 2.07 bits per heavy atom. The van der Waals surface area contributed by atoms with Gasteiger partial charge in [-0.3, -0.25) is 4.79 Å². The normalized spacial score (nSPS) is 15.2. The van der Waals surface area contributed by atoms with Gasteiger partial charge in [0, 0.05) is 22.9 Å². The van der Waals surface area contributed by atoms with Crippen LogP contribution in [0.1, 0.15) is 23.0 Å². The number of methoxy groups -OCH3 is 1. The van der Waals surface area contributed by atoms with Gasteiger partial charge in [-0.25, -0.2) is 9.97 Å². The molecule has 4 rings (SSSR count). The predicted octanol–water partition coefficient (Wildman–Crippen LogP) is 4.47. The van der Waals surface area contributed by atoms with Crippen molar-refractivity contribution in [1.29, 1.82) is 0 Å². The number of halogens is 1. The van der Waals surface area contributed by atoms with Crippen molar-refractivity contribution in [3.05, 3.63) is 71.0 Å². The monoisotopic (exact) mass is 394 g/mol. The van der Waals surface area contributed by atoms with Crippen molar-refractivity contribution in [3.63, 3.8) is 0 Å². The summed E-state index contributed by atoms with van der Waals surface area (Å²) < 4.78 is 5.33. The standard InChI is InChI=1S/C21H19ClN4O2/c1-13-11-14-5-3-4-6-18(14)26(13)20(27)16-9-10-23-21(24-16)25-17-12-15(22)7-8-19(17)28-2/h3-10,12-13H,11H2,1-2H3,(H,23,24,25). The smallest absolute Gasteiger partial charge is 0.277 e. The van der Waals surface area contributed by atoms with Gasteiger partial charge in [-0.1, -0.05) is 29.8 Å². The third-order valence-corrected chi connectivity index (χ3v) is 4.94. The maximum Gasteiger partial charge on any atom is 0.277 e. The Labute approximate surface area is 168 Å². The second-order valence-corrected chi connectivity index (χ2v) is 7.03. The van der Waals surface area contributed by atoms with Crippen LogP contribution in [0, 0.1) is 0 Å². The molecule has 2 aromatic carbocycles. The summed E-state index contributed by atoms with van der Waals surface area (Å²) >= 11 is 6.07. The third-order valence-electron chi connectivity index (χ3n) is 4.71. The summed E-state index contributed by atoms with van der Waals surface area (Å²) in [5, 5.41) is 3.63. The number of benzene rings is 2. The van der Waals surface area contributed by atoms with Crippen molar-refractivity contribution >= 4 is 34.8 Å². The molecule has 0 spiro atoms. The number of rotatable bonds is 4. The number of aromatic nitrogens is 2. The van der Waals surface area contributed by atoms with Gasteiger partial charge in [0.05, 0.1) is 12.8 Å². The highest BCUT2D eigenvalue weighted by atomic mass is 35.5. The van der Waals surface area contributed by atoms with Gasteiger partial charge < -0.3 is 15.0 Å². The fraction of sp³-hybridized carbons (Fsp3) is 0.190. The summed E-state index contributed by atoms with van der Waals surface area (Å²) in [6.45, 7) is 2.04. The van der Waals surface area contributed by atoms with Crippen molar-refractivity contribution in [2.45, 2.75) is 19.4 Å². The first-order valence-corrected chi connectivity index (χ1v) is 9.29. The lowest BCUT2D eigenvalue weighted by molar-refractivity contribution is 0.0976. The predicted molar refractivity (Wildman–Crippen MR) is 110 cm³/mol. The average Bonchev–Trinajstić information content (AvgIpc) is 3.03. The van der Waals surface area contributed by atoms with Gasteiger partial charge in [0.1, 0.15) is 11.4 Å². The minimum Gasteiger partial charge on any atom is -0.495 e. The highest BCUT2D eigenvalue weighted by molar-refractivity contribution is 6.31. The highest BCUT2D eigenvalue weighted by Crippen LogP contribution is 2.33. The molecule has 1 aliphatic rings. The SMILES string of the molecule is COc1ccc(Cl)cc1Nc1nccc(C(=O)N2c3ccccc3CC2C)n1. The molecule has 0 saturated carbocycles. The number of fused-ring (bicyclic) bond motifs is 1. The van der Waals surface area contributed by atoms with E-state index in [1.807, 2.05) is 25.1 Å². The van der Waals surface area contributed by atoms with Crippen LogP contribution in [0.25, 0.3) is 0 Å². The highest BCUT2D eigenvalue weighted by Gasteiger charge is 2.32. The average molecular weight is 395 g/mol. The van der Waals surface area contributed by atoms with Crippen molar-refractivity contribution in [3.8, 4) is 5.75 Å². The van der Waals surface area contributed by atoms with Gasteiger partial charge >= 0.3 is 0 Å². The number of nitrogens with one attached hydrogen (secondary N) is 1. The van der Waals surface area contributed by atoms with E-state index in [0.29, 0.717) is 28.1 Å². The van der Waals surface area contributed by atoms with Crippen LogP contribution in [0.4, 0.5) is 17.3 Å². The first kappa shape index (κ1) is 18.3. The van der Waals surface area contributed by atoms with E-state index in [1.54, 1.807) is 42.5 Å². The summed E-state index contributed by atoms with van der Waals surface area (Å²) in [5.41, 5.74) is 3.05. The number of anilines is 3. The van der Waals surface area contributed by atoms with Crippen molar-refractivity contribution in [2.75, 3.05) is 17.3 Å². The lowest BCUT2D eigenvalue weighted by Gasteiger charge is -2.22. The molecule has 0 aliphatic carbocycles. The second kappa shape index (κ2) is 7.48. The molecular weight excluding hydrogens is 376 g/mol. The van der Waals surface area contributed by atoms with Gasteiger partial charge in [0.25, 0.3) is 5.91 Å². The Kier molecular flexibility index (Phi) is 4.88. The molecule has 0 fully saturated rings. The summed E-state index contributed by atoms with van der Waals surface area (Å²) in [7, 11) is 1.57. The molecule has 1 atom stereocenters. The first-order valence-electron chi connectivity index (χ1n) is 8.92. The Balaban J connectivity index is 1.63. The maximum absolute atomic E-state index is 13.2. The van der Waals surface area contributed by atoms with Gasteiger partial charge in [-0.2, -0.15) is 0 Å². The molecule has 1 aromatic heterocycles. The largest absolute Gasteiger partial charge is 0.495 e. The third kappa shape index (κ3) is 3.39. The van der Waals surface area contributed by atoms with Gasteiger partial charge in [0.2, 0.25) is 5.95 Å². The van der Waals surface area contributed by atoms with Crippen LogP contribution in [0.15, 0.2) is 54.7 Å². The molecule has 0 bridgehead atoms.